The molecule has 0 bridgehead atoms. The van der Waals surface area contributed by atoms with Crippen molar-refractivity contribution in [2.24, 2.45) is 5.92 Å². The number of rotatable bonds is 2. The van der Waals surface area contributed by atoms with Crippen LogP contribution < -0.4 is 5.32 Å². The van der Waals surface area contributed by atoms with Gasteiger partial charge in [0, 0.05) is 34.3 Å². The largest absolute Gasteiger partial charge is 0.378 e. The minimum absolute atomic E-state index is 0.0172. The highest BCUT2D eigenvalue weighted by Crippen LogP contribution is 2.51. The SMILES string of the molecule is O=[N+]([O-])c1ccc(Cl)c([C@H]2Nc3ccc(F)cc3C3C=CCC32)c1. The summed E-state index contributed by atoms with van der Waals surface area (Å²) in [5.74, 6) is -0.0301. The summed E-state index contributed by atoms with van der Waals surface area (Å²) in [6.45, 7) is 0. The Labute approximate surface area is 143 Å². The molecule has 24 heavy (non-hydrogen) atoms. The van der Waals surface area contributed by atoms with Crippen molar-refractivity contribution in [1.82, 2.24) is 0 Å². The average Bonchev–Trinajstić information content (AvgIpc) is 3.04. The molecule has 0 radical (unpaired) electrons. The van der Waals surface area contributed by atoms with Crippen LogP contribution in [0.5, 0.6) is 0 Å². The van der Waals surface area contributed by atoms with Crippen molar-refractivity contribution in [2.45, 2.75) is 18.4 Å². The van der Waals surface area contributed by atoms with Crippen LogP contribution in [0.4, 0.5) is 15.8 Å². The second-order valence-electron chi connectivity index (χ2n) is 6.17. The second kappa shape index (κ2) is 5.60. The maximum atomic E-state index is 13.6. The highest BCUT2D eigenvalue weighted by atomic mass is 35.5. The fourth-order valence-corrected chi connectivity index (χ4v) is 3.99. The van der Waals surface area contributed by atoms with Gasteiger partial charge in [-0.2, -0.15) is 0 Å². The Bertz CT molecular complexity index is 868. The van der Waals surface area contributed by atoms with E-state index in [-0.39, 0.29) is 29.4 Å². The quantitative estimate of drug-likeness (QED) is 0.462. The van der Waals surface area contributed by atoms with Gasteiger partial charge in [0.25, 0.3) is 5.69 Å². The lowest BCUT2D eigenvalue weighted by Gasteiger charge is -2.37. The van der Waals surface area contributed by atoms with Gasteiger partial charge in [-0.15, -0.1) is 0 Å². The lowest BCUT2D eigenvalue weighted by atomic mass is 9.77. The van der Waals surface area contributed by atoms with Crippen molar-refractivity contribution in [3.05, 3.63) is 80.6 Å². The Morgan fingerprint density at radius 2 is 2.04 bits per heavy atom. The molecule has 4 nitrogen and oxygen atoms in total. The molecule has 0 fully saturated rings. The first-order chi connectivity index (χ1) is 11.5. The summed E-state index contributed by atoms with van der Waals surface area (Å²) in [5.41, 5.74) is 2.49. The first-order valence-electron chi connectivity index (χ1n) is 7.71. The van der Waals surface area contributed by atoms with Crippen molar-refractivity contribution in [1.29, 1.82) is 0 Å². The van der Waals surface area contributed by atoms with Gasteiger partial charge in [0.15, 0.2) is 0 Å². The minimum atomic E-state index is -0.420. The topological polar surface area (TPSA) is 55.2 Å². The molecule has 0 spiro atoms. The first-order valence-corrected chi connectivity index (χ1v) is 8.09. The summed E-state index contributed by atoms with van der Waals surface area (Å²) in [6.07, 6.45) is 4.98. The van der Waals surface area contributed by atoms with E-state index in [9.17, 15) is 14.5 Å². The maximum Gasteiger partial charge on any atom is 0.269 e. The summed E-state index contributed by atoms with van der Waals surface area (Å²) >= 11 is 6.33. The van der Waals surface area contributed by atoms with Crippen LogP contribution in [0.15, 0.2) is 48.6 Å². The molecule has 2 aromatic rings. The van der Waals surface area contributed by atoms with E-state index >= 15 is 0 Å². The normalized spacial score (nSPS) is 24.2. The van der Waals surface area contributed by atoms with E-state index in [2.05, 4.69) is 17.5 Å². The van der Waals surface area contributed by atoms with E-state index in [1.165, 1.54) is 18.2 Å². The third kappa shape index (κ3) is 2.36. The van der Waals surface area contributed by atoms with E-state index in [0.29, 0.717) is 10.6 Å². The van der Waals surface area contributed by atoms with Gasteiger partial charge >= 0.3 is 0 Å². The fourth-order valence-electron chi connectivity index (χ4n) is 3.76. The number of anilines is 1. The number of nitro groups is 1. The van der Waals surface area contributed by atoms with Gasteiger partial charge in [0.1, 0.15) is 5.82 Å². The van der Waals surface area contributed by atoms with Crippen LogP contribution in [0.2, 0.25) is 5.02 Å². The van der Waals surface area contributed by atoms with Crippen LogP contribution in [0, 0.1) is 21.8 Å². The van der Waals surface area contributed by atoms with Crippen LogP contribution in [0.25, 0.3) is 0 Å². The summed E-state index contributed by atoms with van der Waals surface area (Å²) in [6, 6.07) is 9.03. The van der Waals surface area contributed by atoms with Crippen molar-refractivity contribution < 1.29 is 9.31 Å². The number of nitro benzene ring substituents is 1. The molecule has 6 heteroatoms. The molecule has 3 atom stereocenters. The smallest absolute Gasteiger partial charge is 0.269 e. The number of nitrogens with zero attached hydrogens (tertiary/aromatic N) is 1. The molecule has 0 amide bonds. The summed E-state index contributed by atoms with van der Waals surface area (Å²) in [4.78, 5) is 10.7. The Kier molecular flexibility index (Phi) is 3.53. The Hall–Kier alpha value is -2.40. The molecule has 0 aromatic heterocycles. The Balaban J connectivity index is 1.81. The van der Waals surface area contributed by atoms with Crippen molar-refractivity contribution in [3.8, 4) is 0 Å². The number of fused-ring (bicyclic) bond motifs is 3. The second-order valence-corrected chi connectivity index (χ2v) is 6.58. The lowest BCUT2D eigenvalue weighted by molar-refractivity contribution is -0.384. The van der Waals surface area contributed by atoms with E-state index in [1.807, 2.05) is 0 Å². The number of hydrogen-bond donors (Lipinski definition) is 1. The Morgan fingerprint density at radius 3 is 2.83 bits per heavy atom. The third-order valence-corrected chi connectivity index (χ3v) is 5.19. The average molecular weight is 345 g/mol. The van der Waals surface area contributed by atoms with E-state index in [0.717, 1.165) is 17.7 Å². The molecular formula is C18H14ClFN2O2. The fraction of sp³-hybridized carbons (Fsp3) is 0.222. The number of nitrogens with one attached hydrogen (secondary N) is 1. The molecule has 122 valence electrons. The minimum Gasteiger partial charge on any atom is -0.378 e. The molecule has 1 N–H and O–H groups in total. The summed E-state index contributed by atoms with van der Waals surface area (Å²) in [5, 5.41) is 15.0. The molecule has 0 saturated carbocycles. The van der Waals surface area contributed by atoms with E-state index in [4.69, 9.17) is 11.6 Å². The number of non-ortho nitro benzene ring substituents is 1. The molecule has 1 aliphatic heterocycles. The van der Waals surface area contributed by atoms with Gasteiger partial charge in [0.2, 0.25) is 0 Å². The highest BCUT2D eigenvalue weighted by Gasteiger charge is 2.39. The van der Waals surface area contributed by atoms with Gasteiger partial charge in [-0.05, 0) is 42.2 Å². The Morgan fingerprint density at radius 1 is 1.21 bits per heavy atom. The zero-order chi connectivity index (χ0) is 16.8. The number of benzene rings is 2. The monoisotopic (exact) mass is 344 g/mol. The summed E-state index contributed by atoms with van der Waals surface area (Å²) in [7, 11) is 0. The predicted molar refractivity (Wildman–Crippen MR) is 90.9 cm³/mol. The first kappa shape index (κ1) is 15.1. The number of allylic oxidation sites excluding steroid dienone is 2. The van der Waals surface area contributed by atoms with Crippen LogP contribution in [-0.2, 0) is 0 Å². The lowest BCUT2D eigenvalue weighted by Crippen LogP contribution is -2.29. The zero-order valence-electron chi connectivity index (χ0n) is 12.6. The molecule has 0 saturated heterocycles. The van der Waals surface area contributed by atoms with Crippen LogP contribution >= 0.6 is 11.6 Å². The predicted octanol–water partition coefficient (Wildman–Crippen LogP) is 5.21. The summed E-state index contributed by atoms with van der Waals surface area (Å²) < 4.78 is 13.6. The van der Waals surface area contributed by atoms with Crippen molar-refractivity contribution >= 4 is 23.0 Å². The van der Waals surface area contributed by atoms with E-state index < -0.39 is 4.92 Å². The molecule has 1 heterocycles. The van der Waals surface area contributed by atoms with Crippen LogP contribution in [-0.4, -0.2) is 4.92 Å². The van der Waals surface area contributed by atoms with Gasteiger partial charge in [-0.25, -0.2) is 4.39 Å². The van der Waals surface area contributed by atoms with Gasteiger partial charge in [-0.3, -0.25) is 10.1 Å². The molecule has 2 unspecified atom stereocenters. The molecular weight excluding hydrogens is 331 g/mol. The van der Waals surface area contributed by atoms with Crippen molar-refractivity contribution in [3.63, 3.8) is 0 Å². The number of halogens is 2. The van der Waals surface area contributed by atoms with Crippen molar-refractivity contribution in [2.75, 3.05) is 5.32 Å². The standard InChI is InChI=1S/C18H14ClFN2O2/c19-16-6-5-11(22(23)24)9-15(16)18-13-3-1-2-12(13)14-8-10(20)4-7-17(14)21-18/h1-2,4-9,12-13,18,21H,3H2/t12?,13?,18-/m0/s1. The number of hydrogen-bond acceptors (Lipinski definition) is 3. The molecule has 1 aliphatic carbocycles. The van der Waals surface area contributed by atoms with Gasteiger partial charge in [-0.1, -0.05) is 23.8 Å². The maximum absolute atomic E-state index is 13.6. The van der Waals surface area contributed by atoms with Crippen LogP contribution in [0.3, 0.4) is 0 Å². The zero-order valence-corrected chi connectivity index (χ0v) is 13.3. The van der Waals surface area contributed by atoms with E-state index in [1.54, 1.807) is 18.2 Å². The molecule has 2 aliphatic rings. The van der Waals surface area contributed by atoms with Crippen LogP contribution in [0.1, 0.15) is 29.5 Å². The van der Waals surface area contributed by atoms with Gasteiger partial charge < -0.3 is 5.32 Å². The molecule has 2 aromatic carbocycles. The third-order valence-electron chi connectivity index (χ3n) is 4.85. The molecule has 4 rings (SSSR count). The highest BCUT2D eigenvalue weighted by molar-refractivity contribution is 6.31. The van der Waals surface area contributed by atoms with Gasteiger partial charge in [0.05, 0.1) is 11.0 Å².